The number of nitrogens with one attached hydrogen (secondary N) is 1. The van der Waals surface area contributed by atoms with Crippen molar-refractivity contribution in [2.75, 3.05) is 18.4 Å². The van der Waals surface area contributed by atoms with Gasteiger partial charge in [-0.2, -0.15) is 0 Å². The molecule has 2 aromatic rings. The van der Waals surface area contributed by atoms with E-state index in [1.807, 2.05) is 50.8 Å². The smallest absolute Gasteiger partial charge is 0.231 e. The van der Waals surface area contributed by atoms with Gasteiger partial charge in [-0.15, -0.1) is 11.3 Å². The fourth-order valence-corrected chi connectivity index (χ4v) is 4.57. The van der Waals surface area contributed by atoms with Crippen LogP contribution < -0.4 is 5.32 Å². The van der Waals surface area contributed by atoms with Crippen molar-refractivity contribution in [2.45, 2.75) is 47.0 Å². The number of amides is 2. The Kier molecular flexibility index (Phi) is 6.64. The molecule has 1 unspecified atom stereocenters. The summed E-state index contributed by atoms with van der Waals surface area (Å²) in [6.45, 7) is 8.92. The number of hydrogen-bond acceptors (Lipinski definition) is 4. The van der Waals surface area contributed by atoms with Crippen LogP contribution in [0.15, 0.2) is 24.4 Å². The number of hydrogen-bond donors (Lipinski definition) is 1. The minimum atomic E-state index is -0.431. The first-order chi connectivity index (χ1) is 13.6. The highest BCUT2D eigenvalue weighted by molar-refractivity contribution is 7.15. The monoisotopic (exact) mass is 433 g/mol. The molecule has 1 aromatic carbocycles. The molecule has 29 heavy (non-hydrogen) atoms. The van der Waals surface area contributed by atoms with E-state index in [1.54, 1.807) is 6.20 Å². The first-order valence-corrected chi connectivity index (χ1v) is 11.1. The molecule has 1 fully saturated rings. The van der Waals surface area contributed by atoms with Crippen molar-refractivity contribution >= 4 is 39.9 Å². The Hall–Kier alpha value is -1.92. The number of carbonyl (C=O) groups is 2. The molecule has 0 radical (unpaired) electrons. The Labute approximate surface area is 181 Å². The molecule has 1 atom stereocenters. The molecule has 1 saturated heterocycles. The van der Waals surface area contributed by atoms with Crippen molar-refractivity contribution < 1.29 is 9.59 Å². The molecule has 5 nitrogen and oxygen atoms in total. The van der Waals surface area contributed by atoms with Crippen LogP contribution in [-0.4, -0.2) is 34.8 Å². The number of thiazole rings is 1. The van der Waals surface area contributed by atoms with E-state index in [2.05, 4.69) is 10.3 Å². The van der Waals surface area contributed by atoms with Gasteiger partial charge in [0.1, 0.15) is 0 Å². The average molecular weight is 434 g/mol. The summed E-state index contributed by atoms with van der Waals surface area (Å²) in [6.07, 6.45) is 4.10. The molecule has 3 rings (SSSR count). The first-order valence-electron chi connectivity index (χ1n) is 9.94. The Balaban J connectivity index is 1.61. The Bertz CT molecular complexity index is 904. The van der Waals surface area contributed by atoms with Gasteiger partial charge in [0.05, 0.1) is 5.92 Å². The minimum absolute atomic E-state index is 0.0640. The number of anilines is 1. The lowest BCUT2D eigenvalue weighted by Crippen LogP contribution is -2.47. The largest absolute Gasteiger partial charge is 0.341 e. The molecule has 1 aliphatic rings. The van der Waals surface area contributed by atoms with E-state index >= 15 is 0 Å². The van der Waals surface area contributed by atoms with Crippen LogP contribution in [0, 0.1) is 18.3 Å². The predicted octanol–water partition coefficient (Wildman–Crippen LogP) is 4.92. The molecule has 2 heterocycles. The molecule has 0 bridgehead atoms. The number of nitrogens with zero attached hydrogens (tertiary/aromatic N) is 2. The summed E-state index contributed by atoms with van der Waals surface area (Å²) in [7, 11) is 0. The second kappa shape index (κ2) is 8.84. The molecule has 2 amide bonds. The van der Waals surface area contributed by atoms with Gasteiger partial charge in [0, 0.05) is 41.0 Å². The standard InChI is InChI=1S/C22H28ClN3O2S/c1-14-7-5-8-15(18(14)23)11-17-12-24-21(29-17)25-19(27)16-9-6-10-26(13-16)20(28)22(2,3)4/h5,7-8,12,16H,6,9-11,13H2,1-4H3,(H,24,25,27). The fourth-order valence-electron chi connectivity index (χ4n) is 3.54. The molecule has 1 N–H and O–H groups in total. The number of benzene rings is 1. The van der Waals surface area contributed by atoms with E-state index in [1.165, 1.54) is 11.3 Å². The van der Waals surface area contributed by atoms with Gasteiger partial charge in [-0.3, -0.25) is 9.59 Å². The molecular weight excluding hydrogens is 406 g/mol. The number of aromatic nitrogens is 1. The maximum absolute atomic E-state index is 12.7. The summed E-state index contributed by atoms with van der Waals surface area (Å²) in [5.41, 5.74) is 1.67. The van der Waals surface area contributed by atoms with Gasteiger partial charge in [-0.25, -0.2) is 4.98 Å². The summed E-state index contributed by atoms with van der Waals surface area (Å²) in [5, 5.41) is 4.31. The van der Waals surface area contributed by atoms with E-state index < -0.39 is 5.41 Å². The van der Waals surface area contributed by atoms with E-state index in [4.69, 9.17) is 11.6 Å². The highest BCUT2D eigenvalue weighted by Crippen LogP contribution is 2.28. The lowest BCUT2D eigenvalue weighted by Gasteiger charge is -2.35. The van der Waals surface area contributed by atoms with Crippen LogP contribution in [0.5, 0.6) is 0 Å². The van der Waals surface area contributed by atoms with Crippen LogP contribution in [0.1, 0.15) is 49.6 Å². The lowest BCUT2D eigenvalue weighted by molar-refractivity contribution is -0.142. The molecular formula is C22H28ClN3O2S. The predicted molar refractivity (Wildman–Crippen MR) is 118 cm³/mol. The highest BCUT2D eigenvalue weighted by Gasteiger charge is 2.33. The molecule has 1 aliphatic heterocycles. The van der Waals surface area contributed by atoms with Crippen molar-refractivity contribution in [3.05, 3.63) is 45.4 Å². The van der Waals surface area contributed by atoms with Crippen molar-refractivity contribution in [1.29, 1.82) is 0 Å². The topological polar surface area (TPSA) is 62.3 Å². The van der Waals surface area contributed by atoms with Gasteiger partial charge in [-0.1, -0.05) is 50.6 Å². The highest BCUT2D eigenvalue weighted by atomic mass is 35.5. The Morgan fingerprint density at radius 1 is 1.34 bits per heavy atom. The normalized spacial score (nSPS) is 17.3. The molecule has 0 saturated carbocycles. The van der Waals surface area contributed by atoms with E-state index in [0.717, 1.165) is 40.4 Å². The maximum Gasteiger partial charge on any atom is 0.231 e. The summed E-state index contributed by atoms with van der Waals surface area (Å²) in [5.74, 6) is -0.166. The zero-order chi connectivity index (χ0) is 21.2. The van der Waals surface area contributed by atoms with Crippen LogP contribution in [0.3, 0.4) is 0 Å². The van der Waals surface area contributed by atoms with Gasteiger partial charge in [-0.05, 0) is 30.9 Å². The Morgan fingerprint density at radius 2 is 2.10 bits per heavy atom. The summed E-state index contributed by atoms with van der Waals surface area (Å²) in [6, 6.07) is 5.99. The van der Waals surface area contributed by atoms with Gasteiger partial charge < -0.3 is 10.2 Å². The maximum atomic E-state index is 12.7. The zero-order valence-corrected chi connectivity index (χ0v) is 19.0. The third-order valence-corrected chi connectivity index (χ3v) is 6.59. The quantitative estimate of drug-likeness (QED) is 0.744. The molecule has 1 aromatic heterocycles. The number of aryl methyl sites for hydroxylation is 1. The molecule has 156 valence electrons. The third-order valence-electron chi connectivity index (χ3n) is 5.14. The third kappa shape index (κ3) is 5.37. The van der Waals surface area contributed by atoms with Crippen LogP contribution in [0.2, 0.25) is 5.02 Å². The SMILES string of the molecule is Cc1cccc(Cc2cnc(NC(=O)C3CCCN(C(=O)C(C)(C)C)C3)s2)c1Cl. The van der Waals surface area contributed by atoms with Gasteiger partial charge in [0.15, 0.2) is 5.13 Å². The summed E-state index contributed by atoms with van der Waals surface area (Å²) < 4.78 is 0. The van der Waals surface area contributed by atoms with Crippen LogP contribution in [-0.2, 0) is 16.0 Å². The van der Waals surface area contributed by atoms with Crippen LogP contribution in [0.25, 0.3) is 0 Å². The second-order valence-electron chi connectivity index (χ2n) is 8.69. The van der Waals surface area contributed by atoms with Crippen molar-refractivity contribution in [3.63, 3.8) is 0 Å². The van der Waals surface area contributed by atoms with Crippen LogP contribution in [0.4, 0.5) is 5.13 Å². The van der Waals surface area contributed by atoms with E-state index in [-0.39, 0.29) is 17.7 Å². The van der Waals surface area contributed by atoms with Crippen molar-refractivity contribution in [1.82, 2.24) is 9.88 Å². The number of halogens is 1. The van der Waals surface area contributed by atoms with Gasteiger partial charge >= 0.3 is 0 Å². The Morgan fingerprint density at radius 3 is 2.83 bits per heavy atom. The lowest BCUT2D eigenvalue weighted by atomic mass is 9.91. The molecule has 0 spiro atoms. The second-order valence-corrected chi connectivity index (χ2v) is 10.2. The van der Waals surface area contributed by atoms with Crippen molar-refractivity contribution in [2.24, 2.45) is 11.3 Å². The van der Waals surface area contributed by atoms with Gasteiger partial charge in [0.2, 0.25) is 11.8 Å². The zero-order valence-electron chi connectivity index (χ0n) is 17.4. The number of carbonyl (C=O) groups excluding carboxylic acids is 2. The van der Waals surface area contributed by atoms with E-state index in [0.29, 0.717) is 18.1 Å². The van der Waals surface area contributed by atoms with Gasteiger partial charge in [0.25, 0.3) is 0 Å². The first kappa shape index (κ1) is 21.8. The minimum Gasteiger partial charge on any atom is -0.341 e. The summed E-state index contributed by atoms with van der Waals surface area (Å²) >= 11 is 7.85. The average Bonchev–Trinajstić information content (AvgIpc) is 3.11. The van der Waals surface area contributed by atoms with E-state index in [9.17, 15) is 9.59 Å². The molecule has 0 aliphatic carbocycles. The number of rotatable bonds is 4. The van der Waals surface area contributed by atoms with Crippen molar-refractivity contribution in [3.8, 4) is 0 Å². The molecule has 7 heteroatoms. The van der Waals surface area contributed by atoms with Crippen LogP contribution >= 0.6 is 22.9 Å². The fraction of sp³-hybridized carbons (Fsp3) is 0.500. The number of piperidine rings is 1. The summed E-state index contributed by atoms with van der Waals surface area (Å²) in [4.78, 5) is 32.5. The number of likely N-dealkylation sites (tertiary alicyclic amines) is 1.